The lowest BCUT2D eigenvalue weighted by atomic mass is 10.4. The summed E-state index contributed by atoms with van der Waals surface area (Å²) in [6, 6.07) is 0. The molecule has 0 aromatic carbocycles. The van der Waals surface area contributed by atoms with Gasteiger partial charge in [-0.25, -0.2) is 9.79 Å². The van der Waals surface area contributed by atoms with Gasteiger partial charge < -0.3 is 14.6 Å². The molecule has 0 fully saturated rings. The molecule has 0 saturated heterocycles. The van der Waals surface area contributed by atoms with Gasteiger partial charge in [0.2, 0.25) is 0 Å². The molecule has 1 aliphatic heterocycles. The molecule has 6 heteroatoms. The van der Waals surface area contributed by atoms with Crippen molar-refractivity contribution in [1.82, 2.24) is 0 Å². The molecule has 0 bridgehead atoms. The van der Waals surface area contributed by atoms with Gasteiger partial charge in [0.1, 0.15) is 6.61 Å². The van der Waals surface area contributed by atoms with E-state index >= 15 is 0 Å². The summed E-state index contributed by atoms with van der Waals surface area (Å²) in [4.78, 5) is 18.4. The zero-order chi connectivity index (χ0) is 15.9. The maximum atomic E-state index is 10.9. The van der Waals surface area contributed by atoms with Crippen LogP contribution in [-0.4, -0.2) is 30.3 Å². The van der Waals surface area contributed by atoms with Crippen LogP contribution in [0.15, 0.2) is 83.0 Å². The van der Waals surface area contributed by atoms with Crippen molar-refractivity contribution in [2.24, 2.45) is 9.98 Å². The van der Waals surface area contributed by atoms with Crippen LogP contribution in [0.4, 0.5) is 0 Å². The summed E-state index contributed by atoms with van der Waals surface area (Å²) in [5.74, 6) is -1.21. The van der Waals surface area contributed by atoms with Crippen LogP contribution >= 0.6 is 0 Å². The summed E-state index contributed by atoms with van der Waals surface area (Å²) >= 11 is 0. The van der Waals surface area contributed by atoms with Crippen LogP contribution in [0.25, 0.3) is 0 Å². The van der Waals surface area contributed by atoms with Gasteiger partial charge in [0.25, 0.3) is 0 Å². The Morgan fingerprint density at radius 3 is 2.64 bits per heavy atom. The van der Waals surface area contributed by atoms with Crippen molar-refractivity contribution < 1.29 is 19.4 Å². The van der Waals surface area contributed by atoms with Gasteiger partial charge in [-0.1, -0.05) is 30.4 Å². The molecule has 114 valence electrons. The van der Waals surface area contributed by atoms with E-state index in [1.807, 2.05) is 30.4 Å². The molecule has 0 spiro atoms. The van der Waals surface area contributed by atoms with E-state index in [9.17, 15) is 4.79 Å². The van der Waals surface area contributed by atoms with Gasteiger partial charge >= 0.3 is 5.97 Å². The molecule has 0 radical (unpaired) electrons. The Balaban J connectivity index is 2.78. The number of carboxylic acid groups (broad SMARTS) is 1. The average molecular weight is 300 g/mol. The molecular formula is C16H16N2O4. The summed E-state index contributed by atoms with van der Waals surface area (Å²) < 4.78 is 10.1. The maximum absolute atomic E-state index is 10.9. The second kappa shape index (κ2) is 11.7. The first kappa shape index (κ1) is 16.9. The predicted molar refractivity (Wildman–Crippen MR) is 85.4 cm³/mol. The fourth-order valence-corrected chi connectivity index (χ4v) is 1.11. The summed E-state index contributed by atoms with van der Waals surface area (Å²) in [5.41, 5.74) is -0.252. The number of aliphatic imine (C=N–C) groups is 2. The van der Waals surface area contributed by atoms with E-state index in [-0.39, 0.29) is 5.70 Å². The van der Waals surface area contributed by atoms with Gasteiger partial charge in [-0.15, -0.1) is 0 Å². The molecule has 1 N–H and O–H groups in total. The van der Waals surface area contributed by atoms with Crippen molar-refractivity contribution in [2.75, 3.05) is 6.61 Å². The van der Waals surface area contributed by atoms with Gasteiger partial charge in [0.05, 0.1) is 18.7 Å². The first-order valence-electron chi connectivity index (χ1n) is 6.37. The number of nitrogens with zero attached hydrogens (tertiary/aromatic N) is 2. The van der Waals surface area contributed by atoms with E-state index in [0.717, 1.165) is 12.6 Å². The van der Waals surface area contributed by atoms with E-state index in [1.54, 1.807) is 18.2 Å². The molecule has 0 amide bonds. The second-order valence-corrected chi connectivity index (χ2v) is 3.68. The molecule has 0 aromatic heterocycles. The quantitative estimate of drug-likeness (QED) is 0.807. The zero-order valence-corrected chi connectivity index (χ0v) is 11.8. The van der Waals surface area contributed by atoms with Crippen LogP contribution in [0.3, 0.4) is 0 Å². The molecule has 0 saturated carbocycles. The Hall–Kier alpha value is -3.15. The van der Waals surface area contributed by atoms with E-state index in [4.69, 9.17) is 14.6 Å². The average Bonchev–Trinajstić information content (AvgIpc) is 2.50. The smallest absolute Gasteiger partial charge is 0.356 e. The van der Waals surface area contributed by atoms with Crippen molar-refractivity contribution in [2.45, 2.75) is 0 Å². The minimum Gasteiger partial charge on any atom is -0.497 e. The van der Waals surface area contributed by atoms with Crippen molar-refractivity contribution in [3.8, 4) is 0 Å². The predicted octanol–water partition coefficient (Wildman–Crippen LogP) is 2.75. The van der Waals surface area contributed by atoms with E-state index < -0.39 is 5.97 Å². The Morgan fingerprint density at radius 2 is 1.82 bits per heavy atom. The molecular weight excluding hydrogens is 284 g/mol. The fourth-order valence-electron chi connectivity index (χ4n) is 1.11. The van der Waals surface area contributed by atoms with E-state index in [1.165, 1.54) is 18.7 Å². The summed E-state index contributed by atoms with van der Waals surface area (Å²) in [7, 11) is 0. The SMILES string of the molecule is O=C(O)C1=C/N=C\C=C/OC\C=C/C=C\C=C/C=C\O/C=N\1. The standard InChI is InChI=1S/C16H16N2O4/c19-16(20)15-13-17-9-8-12-21-10-6-4-2-1-3-5-7-11-22-14-18-15/h1-9,11-14H,10H2,(H,19,20)/b2-1-,5-3-,6-4-,11-7-,12-8-,15-13-,17-9-,18-14-. The van der Waals surface area contributed by atoms with Gasteiger partial charge in [0, 0.05) is 6.21 Å². The highest BCUT2D eigenvalue weighted by molar-refractivity contribution is 5.88. The van der Waals surface area contributed by atoms with Crippen LogP contribution in [0, 0.1) is 0 Å². The minimum atomic E-state index is -1.21. The Labute approximate surface area is 128 Å². The van der Waals surface area contributed by atoms with Gasteiger partial charge in [-0.05, 0) is 18.2 Å². The van der Waals surface area contributed by atoms with Crippen molar-refractivity contribution in [3.05, 3.63) is 73.0 Å². The zero-order valence-electron chi connectivity index (χ0n) is 11.8. The van der Waals surface area contributed by atoms with Crippen molar-refractivity contribution >= 4 is 18.6 Å². The highest BCUT2D eigenvalue weighted by Gasteiger charge is 2.02. The Morgan fingerprint density at radius 1 is 1.05 bits per heavy atom. The third kappa shape index (κ3) is 8.87. The number of hydrogen-bond donors (Lipinski definition) is 1. The Bertz CT molecular complexity index is 579. The number of ether oxygens (including phenoxy) is 2. The largest absolute Gasteiger partial charge is 0.497 e. The molecule has 6 nitrogen and oxygen atoms in total. The van der Waals surface area contributed by atoms with E-state index in [0.29, 0.717) is 6.61 Å². The summed E-state index contributed by atoms with van der Waals surface area (Å²) in [5, 5.41) is 8.93. The van der Waals surface area contributed by atoms with Gasteiger partial charge in [-0.2, -0.15) is 0 Å². The maximum Gasteiger partial charge on any atom is 0.356 e. The first-order valence-corrected chi connectivity index (χ1v) is 6.37. The van der Waals surface area contributed by atoms with Crippen molar-refractivity contribution in [3.63, 3.8) is 0 Å². The second-order valence-electron chi connectivity index (χ2n) is 3.68. The highest BCUT2D eigenvalue weighted by Crippen LogP contribution is 1.97. The normalized spacial score (nSPS) is 28.6. The van der Waals surface area contributed by atoms with Crippen LogP contribution in [0.2, 0.25) is 0 Å². The fraction of sp³-hybridized carbons (Fsp3) is 0.0625. The molecule has 22 heavy (non-hydrogen) atoms. The number of aliphatic carboxylic acids is 1. The minimum absolute atomic E-state index is 0.252. The molecule has 0 unspecified atom stereocenters. The van der Waals surface area contributed by atoms with Crippen LogP contribution in [0.5, 0.6) is 0 Å². The number of hydrogen-bond acceptors (Lipinski definition) is 5. The van der Waals surface area contributed by atoms with Gasteiger partial charge in [0.15, 0.2) is 12.1 Å². The highest BCUT2D eigenvalue weighted by atomic mass is 16.5. The van der Waals surface area contributed by atoms with Crippen LogP contribution < -0.4 is 0 Å². The third-order valence-electron chi connectivity index (χ3n) is 2.06. The number of carboxylic acids is 1. The first-order chi connectivity index (χ1) is 10.8. The molecule has 0 aliphatic carbocycles. The molecule has 0 aromatic rings. The monoisotopic (exact) mass is 300 g/mol. The molecule has 1 aliphatic rings. The third-order valence-corrected chi connectivity index (χ3v) is 2.06. The lowest BCUT2D eigenvalue weighted by Gasteiger charge is -1.92. The van der Waals surface area contributed by atoms with Crippen LogP contribution in [0.1, 0.15) is 0 Å². The summed E-state index contributed by atoms with van der Waals surface area (Å²) in [6.07, 6.45) is 20.5. The Kier molecular flexibility index (Phi) is 8.96. The summed E-state index contributed by atoms with van der Waals surface area (Å²) in [6.45, 7) is 0.423. The lowest BCUT2D eigenvalue weighted by Crippen LogP contribution is -1.98. The number of allylic oxidation sites excluding steroid dienone is 7. The lowest BCUT2D eigenvalue weighted by molar-refractivity contribution is -0.132. The topological polar surface area (TPSA) is 80.5 Å². The molecule has 0 atom stereocenters. The molecule has 1 rings (SSSR count). The number of carbonyl (C=O) groups is 1. The van der Waals surface area contributed by atoms with Crippen LogP contribution in [-0.2, 0) is 14.3 Å². The van der Waals surface area contributed by atoms with E-state index in [2.05, 4.69) is 9.98 Å². The molecule has 1 heterocycles. The van der Waals surface area contributed by atoms with Gasteiger partial charge in [-0.3, -0.25) is 4.99 Å². The van der Waals surface area contributed by atoms with Crippen molar-refractivity contribution in [1.29, 1.82) is 0 Å². The number of rotatable bonds is 1.